The summed E-state index contributed by atoms with van der Waals surface area (Å²) in [5.74, 6) is -2.94. The average molecular weight is 514 g/mol. The Hall–Kier alpha value is -3.74. The maximum atomic E-state index is 13.7. The van der Waals surface area contributed by atoms with Crippen molar-refractivity contribution >= 4 is 34.0 Å². The molecule has 2 aromatic rings. The number of amides is 1. The summed E-state index contributed by atoms with van der Waals surface area (Å²) in [4.78, 5) is 35.7. The molecule has 9 nitrogen and oxygen atoms in total. The van der Waals surface area contributed by atoms with E-state index in [0.29, 0.717) is 11.6 Å². The number of halogens is 3. The molecule has 0 atom stereocenters. The van der Waals surface area contributed by atoms with Crippen LogP contribution in [0.15, 0.2) is 34.7 Å². The highest BCUT2D eigenvalue weighted by atomic mass is 32.2. The maximum absolute atomic E-state index is 13.7. The second-order valence-electron chi connectivity index (χ2n) is 8.39. The fraction of sp³-hybridized carbons (Fsp3) is 0.318. The fourth-order valence-corrected chi connectivity index (χ4v) is 3.23. The van der Waals surface area contributed by atoms with Crippen molar-refractivity contribution in [3.63, 3.8) is 0 Å². The molecule has 188 valence electrons. The third-order valence-electron chi connectivity index (χ3n) is 4.57. The number of nitrogens with one attached hydrogen (secondary N) is 1. The quantitative estimate of drug-likeness (QED) is 0.436. The van der Waals surface area contributed by atoms with Gasteiger partial charge in [0.2, 0.25) is 0 Å². The molecule has 35 heavy (non-hydrogen) atoms. The van der Waals surface area contributed by atoms with Crippen LogP contribution in [0.25, 0.3) is 11.1 Å². The summed E-state index contributed by atoms with van der Waals surface area (Å²) in [6, 6.07) is 5.09. The molecule has 2 N–H and O–H groups in total. The van der Waals surface area contributed by atoms with Crippen LogP contribution in [0, 0.1) is 12.3 Å². The number of aliphatic carboxylic acids is 1. The van der Waals surface area contributed by atoms with Crippen molar-refractivity contribution in [2.24, 2.45) is 9.78 Å². The molecule has 0 aliphatic carbocycles. The number of ether oxygens (including phenoxy) is 1. The molecule has 0 saturated heterocycles. The molecule has 0 radical (unpaired) electrons. The van der Waals surface area contributed by atoms with Gasteiger partial charge in [0, 0.05) is 11.1 Å². The van der Waals surface area contributed by atoms with Crippen molar-refractivity contribution in [2.75, 3.05) is 6.54 Å². The van der Waals surface area contributed by atoms with E-state index in [0.717, 1.165) is 6.07 Å². The summed E-state index contributed by atoms with van der Waals surface area (Å²) in [5.41, 5.74) is -4.00. The number of carboxylic acid groups (broad SMARTS) is 1. The number of esters is 1. The van der Waals surface area contributed by atoms with Crippen LogP contribution in [-0.2, 0) is 26.3 Å². The van der Waals surface area contributed by atoms with Gasteiger partial charge in [-0.25, -0.2) is 0 Å². The molecule has 0 spiro atoms. The van der Waals surface area contributed by atoms with Gasteiger partial charge in [0.15, 0.2) is 0 Å². The number of benzene rings is 2. The molecular formula is C22H21F3N2O7S. The predicted octanol–water partition coefficient (Wildman–Crippen LogP) is 4.14. The van der Waals surface area contributed by atoms with E-state index in [4.69, 9.17) is 9.84 Å². The molecule has 0 fully saturated rings. The molecule has 2 rings (SSSR count). The highest BCUT2D eigenvalue weighted by Gasteiger charge is 2.36. The van der Waals surface area contributed by atoms with Gasteiger partial charge in [-0.2, -0.15) is 21.6 Å². The topological polar surface area (TPSA) is 139 Å². The number of rotatable bonds is 6. The zero-order valence-corrected chi connectivity index (χ0v) is 19.8. The Labute approximate surface area is 199 Å². The second kappa shape index (κ2) is 10.3. The van der Waals surface area contributed by atoms with Crippen LogP contribution in [0.4, 0.5) is 18.9 Å². The van der Waals surface area contributed by atoms with Gasteiger partial charge in [0.05, 0.1) is 11.0 Å². The van der Waals surface area contributed by atoms with Gasteiger partial charge in [-0.3, -0.25) is 14.4 Å². The lowest BCUT2D eigenvalue weighted by molar-refractivity contribution is -0.143. The number of carboxylic acids is 1. The van der Waals surface area contributed by atoms with Crippen LogP contribution in [0.3, 0.4) is 0 Å². The minimum absolute atomic E-state index is 0.0474. The lowest BCUT2D eigenvalue weighted by atomic mass is 9.92. The highest BCUT2D eigenvalue weighted by molar-refractivity contribution is 7.61. The zero-order chi connectivity index (χ0) is 26.7. The summed E-state index contributed by atoms with van der Waals surface area (Å²) in [7, 11) is -3.33. The Balaban J connectivity index is 2.81. The van der Waals surface area contributed by atoms with Gasteiger partial charge in [-0.15, -0.1) is 4.36 Å². The lowest BCUT2D eigenvalue weighted by Crippen LogP contribution is -2.29. The Morgan fingerprint density at radius 2 is 1.71 bits per heavy atom. The first-order valence-corrected chi connectivity index (χ1v) is 10.9. The van der Waals surface area contributed by atoms with E-state index in [1.165, 1.54) is 25.1 Å². The van der Waals surface area contributed by atoms with Crippen molar-refractivity contribution in [1.29, 1.82) is 0 Å². The van der Waals surface area contributed by atoms with Gasteiger partial charge in [-0.05, 0) is 63.1 Å². The molecule has 2 aromatic carbocycles. The van der Waals surface area contributed by atoms with Gasteiger partial charge in [-0.1, -0.05) is 6.07 Å². The third-order valence-corrected chi connectivity index (χ3v) is 4.90. The first kappa shape index (κ1) is 27.5. The second-order valence-corrected chi connectivity index (χ2v) is 9.00. The summed E-state index contributed by atoms with van der Waals surface area (Å²) in [6.07, 6.45) is -5.03. The number of alkyl halides is 3. The largest absolute Gasteiger partial charge is 0.480 e. The van der Waals surface area contributed by atoms with E-state index >= 15 is 0 Å². The van der Waals surface area contributed by atoms with E-state index in [1.807, 2.05) is 5.32 Å². The SMILES string of the molecule is Cc1cc(-c2c(C(=O)NCC(=O)O)ccc(C(F)(F)F)c2N=S(=O)=O)ccc1OC(=O)C(C)(C)C. The summed E-state index contributed by atoms with van der Waals surface area (Å²) in [6.45, 7) is 5.54. The Morgan fingerprint density at radius 3 is 2.20 bits per heavy atom. The van der Waals surface area contributed by atoms with E-state index in [1.54, 1.807) is 20.8 Å². The molecule has 0 aromatic heterocycles. The van der Waals surface area contributed by atoms with Crippen molar-refractivity contribution in [2.45, 2.75) is 33.9 Å². The van der Waals surface area contributed by atoms with Crippen molar-refractivity contribution < 1.29 is 45.8 Å². The van der Waals surface area contributed by atoms with Crippen LogP contribution in [-0.4, -0.2) is 37.9 Å². The molecule has 0 aliphatic rings. The number of hydrogen-bond acceptors (Lipinski definition) is 7. The number of nitrogens with zero attached hydrogens (tertiary/aromatic N) is 1. The van der Waals surface area contributed by atoms with E-state index < -0.39 is 68.9 Å². The van der Waals surface area contributed by atoms with Crippen LogP contribution in [0.2, 0.25) is 0 Å². The molecule has 0 aliphatic heterocycles. The van der Waals surface area contributed by atoms with Crippen LogP contribution in [0.5, 0.6) is 5.75 Å². The summed E-state index contributed by atoms with van der Waals surface area (Å²) >= 11 is 0. The molecule has 0 unspecified atom stereocenters. The lowest BCUT2D eigenvalue weighted by Gasteiger charge is -2.19. The molecule has 0 bridgehead atoms. The normalized spacial score (nSPS) is 11.5. The Morgan fingerprint density at radius 1 is 1.09 bits per heavy atom. The maximum Gasteiger partial charge on any atom is 0.418 e. The van der Waals surface area contributed by atoms with Gasteiger partial charge < -0.3 is 15.2 Å². The average Bonchev–Trinajstić information content (AvgIpc) is 2.71. The Kier molecular flexibility index (Phi) is 8.06. The van der Waals surface area contributed by atoms with E-state index in [9.17, 15) is 36.0 Å². The zero-order valence-electron chi connectivity index (χ0n) is 19.0. The number of carbonyl (C=O) groups excluding carboxylic acids is 2. The van der Waals surface area contributed by atoms with Crippen LogP contribution < -0.4 is 10.1 Å². The smallest absolute Gasteiger partial charge is 0.418 e. The standard InChI is InChI=1S/C22H21F3N2O7S/c1-11-9-12(5-8-15(11)34-20(31)21(2,3)4)17-13(19(30)26-10-16(28)29)6-7-14(22(23,24)25)18(17)27-35(32)33/h5-9H,10H2,1-4H3,(H,26,30)(H,28,29). The number of hydrogen-bond donors (Lipinski definition) is 2. The minimum Gasteiger partial charge on any atom is -0.480 e. The molecule has 0 heterocycles. The molecule has 1 amide bonds. The minimum atomic E-state index is -5.03. The first-order chi connectivity index (χ1) is 16.0. The monoisotopic (exact) mass is 514 g/mol. The number of carbonyl (C=O) groups is 3. The number of aryl methyl sites for hydroxylation is 1. The molecule has 0 saturated carbocycles. The first-order valence-electron chi connectivity index (χ1n) is 9.91. The molecule has 13 heteroatoms. The van der Waals surface area contributed by atoms with Crippen molar-refractivity contribution in [3.8, 4) is 16.9 Å². The van der Waals surface area contributed by atoms with Crippen LogP contribution in [0.1, 0.15) is 42.3 Å². The van der Waals surface area contributed by atoms with Crippen molar-refractivity contribution in [1.82, 2.24) is 5.32 Å². The predicted molar refractivity (Wildman–Crippen MR) is 118 cm³/mol. The third kappa shape index (κ3) is 6.88. The van der Waals surface area contributed by atoms with Gasteiger partial charge >= 0.3 is 28.6 Å². The Bertz CT molecular complexity index is 1320. The fourth-order valence-electron chi connectivity index (χ4n) is 2.89. The summed E-state index contributed by atoms with van der Waals surface area (Å²) in [5, 5.41) is 10.8. The molecular weight excluding hydrogens is 493 g/mol. The van der Waals surface area contributed by atoms with E-state index in [-0.39, 0.29) is 11.3 Å². The van der Waals surface area contributed by atoms with Gasteiger partial charge in [0.25, 0.3) is 5.91 Å². The van der Waals surface area contributed by atoms with Crippen LogP contribution >= 0.6 is 0 Å². The van der Waals surface area contributed by atoms with Gasteiger partial charge in [0.1, 0.15) is 18.0 Å². The van der Waals surface area contributed by atoms with Crippen molar-refractivity contribution in [3.05, 3.63) is 47.0 Å². The van der Waals surface area contributed by atoms with E-state index in [2.05, 4.69) is 4.36 Å². The summed E-state index contributed by atoms with van der Waals surface area (Å²) < 4.78 is 72.1. The highest BCUT2D eigenvalue weighted by Crippen LogP contribution is 2.44.